The second-order valence-electron chi connectivity index (χ2n) is 4.34. The number of ether oxygens (including phenoxy) is 1. The Kier molecular flexibility index (Phi) is 6.94. The van der Waals surface area contributed by atoms with E-state index in [1.807, 2.05) is 0 Å². The molecule has 1 aromatic carbocycles. The van der Waals surface area contributed by atoms with Crippen LogP contribution in [0.25, 0.3) is 0 Å². The number of benzene rings is 1. The molecule has 8 heteroatoms. The molecule has 0 saturated carbocycles. The van der Waals surface area contributed by atoms with E-state index in [9.17, 15) is 23.2 Å². The fourth-order valence-corrected chi connectivity index (χ4v) is 1.55. The van der Waals surface area contributed by atoms with Crippen LogP contribution in [0.15, 0.2) is 18.2 Å². The Balaban J connectivity index is 2.28. The zero-order valence-corrected chi connectivity index (χ0v) is 11.9. The molecular weight excluding hydrogens is 298 g/mol. The number of methoxy groups -OCH3 is 1. The van der Waals surface area contributed by atoms with Crippen LogP contribution in [-0.4, -0.2) is 38.0 Å². The number of hydrogen-bond donors (Lipinski definition) is 2. The van der Waals surface area contributed by atoms with Crippen LogP contribution in [0.3, 0.4) is 0 Å². The summed E-state index contributed by atoms with van der Waals surface area (Å²) in [6.45, 7) is -0.0796. The van der Waals surface area contributed by atoms with Gasteiger partial charge in [0.2, 0.25) is 5.91 Å². The number of carbonyl (C=O) groups excluding carboxylic acids is 3. The second kappa shape index (κ2) is 8.71. The Morgan fingerprint density at radius 3 is 2.55 bits per heavy atom. The molecule has 1 aromatic rings. The molecule has 120 valence electrons. The Morgan fingerprint density at radius 2 is 1.91 bits per heavy atom. The van der Waals surface area contributed by atoms with Crippen LogP contribution in [0.2, 0.25) is 0 Å². The highest BCUT2D eigenvalue weighted by atomic mass is 19.1. The number of nitrogens with one attached hydrogen (secondary N) is 2. The quantitative estimate of drug-likeness (QED) is 0.575. The smallest absolute Gasteiger partial charge is 0.325 e. The van der Waals surface area contributed by atoms with E-state index in [1.165, 1.54) is 7.11 Å². The third kappa shape index (κ3) is 5.86. The lowest BCUT2D eigenvalue weighted by molar-refractivity contribution is -0.141. The second-order valence-corrected chi connectivity index (χ2v) is 4.34. The van der Waals surface area contributed by atoms with Crippen molar-refractivity contribution in [1.29, 1.82) is 0 Å². The molecule has 0 aliphatic rings. The zero-order valence-electron chi connectivity index (χ0n) is 11.9. The van der Waals surface area contributed by atoms with Crippen LogP contribution in [-0.2, 0) is 14.3 Å². The number of carbonyl (C=O) groups is 3. The molecule has 22 heavy (non-hydrogen) atoms. The summed E-state index contributed by atoms with van der Waals surface area (Å²) in [4.78, 5) is 33.8. The van der Waals surface area contributed by atoms with Gasteiger partial charge in [0.05, 0.1) is 12.7 Å². The number of halogens is 2. The van der Waals surface area contributed by atoms with E-state index in [0.29, 0.717) is 12.5 Å². The molecule has 0 fully saturated rings. The summed E-state index contributed by atoms with van der Waals surface area (Å²) in [7, 11) is 1.21. The van der Waals surface area contributed by atoms with Gasteiger partial charge in [-0.25, -0.2) is 8.78 Å². The molecule has 0 atom stereocenters. The third-order valence-electron chi connectivity index (χ3n) is 2.70. The molecule has 0 aliphatic heterocycles. The van der Waals surface area contributed by atoms with Gasteiger partial charge in [-0.1, -0.05) is 0 Å². The maximum absolute atomic E-state index is 13.3. The lowest BCUT2D eigenvalue weighted by Gasteiger charge is -2.06. The minimum absolute atomic E-state index is 0.0865. The van der Waals surface area contributed by atoms with Crippen LogP contribution in [0.1, 0.15) is 23.2 Å². The van der Waals surface area contributed by atoms with Gasteiger partial charge in [-0.05, 0) is 18.6 Å². The van der Waals surface area contributed by atoms with Crippen LogP contribution in [0.4, 0.5) is 8.78 Å². The first-order valence-electron chi connectivity index (χ1n) is 6.50. The van der Waals surface area contributed by atoms with Gasteiger partial charge in [0.1, 0.15) is 18.2 Å². The van der Waals surface area contributed by atoms with Gasteiger partial charge in [0.25, 0.3) is 5.91 Å². The fourth-order valence-electron chi connectivity index (χ4n) is 1.55. The predicted molar refractivity (Wildman–Crippen MR) is 73.0 cm³/mol. The number of hydrogen-bond acceptors (Lipinski definition) is 4. The highest BCUT2D eigenvalue weighted by Gasteiger charge is 2.12. The van der Waals surface area contributed by atoms with Crippen molar-refractivity contribution in [1.82, 2.24) is 10.6 Å². The number of rotatable bonds is 7. The summed E-state index contributed by atoms with van der Waals surface area (Å²) in [5.74, 6) is -3.34. The molecule has 2 N–H and O–H groups in total. The van der Waals surface area contributed by atoms with E-state index in [2.05, 4.69) is 15.4 Å². The number of esters is 1. The Bertz CT molecular complexity index is 564. The molecule has 0 saturated heterocycles. The van der Waals surface area contributed by atoms with Crippen molar-refractivity contribution < 1.29 is 27.9 Å². The lowest BCUT2D eigenvalue weighted by atomic mass is 10.2. The summed E-state index contributed by atoms with van der Waals surface area (Å²) in [5, 5.41) is 4.76. The fraction of sp³-hybridized carbons (Fsp3) is 0.357. The molecule has 0 aliphatic carbocycles. The van der Waals surface area contributed by atoms with Crippen molar-refractivity contribution >= 4 is 17.8 Å². The maximum atomic E-state index is 13.3. The summed E-state index contributed by atoms with van der Waals surface area (Å²) in [5.41, 5.74) is -0.267. The molecule has 0 aromatic heterocycles. The van der Waals surface area contributed by atoms with E-state index in [-0.39, 0.29) is 31.0 Å². The summed E-state index contributed by atoms with van der Waals surface area (Å²) in [6.07, 6.45) is 0.394. The minimum atomic E-state index is -0.951. The molecule has 1 rings (SSSR count). The molecule has 6 nitrogen and oxygen atoms in total. The maximum Gasteiger partial charge on any atom is 0.325 e. The molecule has 0 heterocycles. The van der Waals surface area contributed by atoms with Crippen LogP contribution >= 0.6 is 0 Å². The monoisotopic (exact) mass is 314 g/mol. The van der Waals surface area contributed by atoms with E-state index < -0.39 is 23.5 Å². The van der Waals surface area contributed by atoms with Crippen molar-refractivity contribution in [3.63, 3.8) is 0 Å². The van der Waals surface area contributed by atoms with Gasteiger partial charge < -0.3 is 15.4 Å². The first kappa shape index (κ1) is 17.5. The van der Waals surface area contributed by atoms with E-state index >= 15 is 0 Å². The van der Waals surface area contributed by atoms with Crippen molar-refractivity contribution in [2.75, 3.05) is 20.2 Å². The predicted octanol–water partition coefficient (Wildman–Crippen LogP) is 0.764. The third-order valence-corrected chi connectivity index (χ3v) is 2.70. The van der Waals surface area contributed by atoms with Crippen LogP contribution in [0.5, 0.6) is 0 Å². The van der Waals surface area contributed by atoms with Crippen molar-refractivity contribution in [2.24, 2.45) is 0 Å². The van der Waals surface area contributed by atoms with Gasteiger partial charge in [-0.15, -0.1) is 0 Å². The topological polar surface area (TPSA) is 84.5 Å². The minimum Gasteiger partial charge on any atom is -0.468 e. The SMILES string of the molecule is COC(=O)CNC(=O)CCCNC(=O)c1ccc(F)cc1F. The van der Waals surface area contributed by atoms with Crippen molar-refractivity contribution in [2.45, 2.75) is 12.8 Å². The van der Waals surface area contributed by atoms with Gasteiger partial charge in [-0.2, -0.15) is 0 Å². The first-order chi connectivity index (χ1) is 10.4. The molecule has 0 spiro atoms. The lowest BCUT2D eigenvalue weighted by Crippen LogP contribution is -2.31. The van der Waals surface area contributed by atoms with Crippen LogP contribution in [0, 0.1) is 11.6 Å². The zero-order chi connectivity index (χ0) is 16.5. The Labute approximate surface area is 125 Å². The Hall–Kier alpha value is -2.51. The molecular formula is C14H16F2N2O4. The molecule has 2 amide bonds. The summed E-state index contributed by atoms with van der Waals surface area (Å²) < 4.78 is 30.4. The highest BCUT2D eigenvalue weighted by Crippen LogP contribution is 2.09. The van der Waals surface area contributed by atoms with Gasteiger partial charge in [-0.3, -0.25) is 14.4 Å². The summed E-state index contributed by atoms with van der Waals surface area (Å²) in [6, 6.07) is 2.65. The van der Waals surface area contributed by atoms with Gasteiger partial charge in [0.15, 0.2) is 0 Å². The molecule has 0 unspecified atom stereocenters. The molecule has 0 radical (unpaired) electrons. The highest BCUT2D eigenvalue weighted by molar-refractivity contribution is 5.94. The van der Waals surface area contributed by atoms with Gasteiger partial charge >= 0.3 is 5.97 Å². The van der Waals surface area contributed by atoms with E-state index in [1.54, 1.807) is 0 Å². The number of amides is 2. The normalized spacial score (nSPS) is 9.95. The largest absolute Gasteiger partial charge is 0.468 e. The average molecular weight is 314 g/mol. The van der Waals surface area contributed by atoms with E-state index in [4.69, 9.17) is 0 Å². The first-order valence-corrected chi connectivity index (χ1v) is 6.50. The Morgan fingerprint density at radius 1 is 1.18 bits per heavy atom. The standard InChI is InChI=1S/C14H16F2N2O4/c1-22-13(20)8-18-12(19)3-2-6-17-14(21)10-5-4-9(15)7-11(10)16/h4-5,7H,2-3,6,8H2,1H3,(H,17,21)(H,18,19). The van der Waals surface area contributed by atoms with Crippen molar-refractivity contribution in [3.05, 3.63) is 35.4 Å². The molecule has 0 bridgehead atoms. The van der Waals surface area contributed by atoms with Gasteiger partial charge in [0, 0.05) is 19.0 Å². The average Bonchev–Trinajstić information content (AvgIpc) is 2.48. The summed E-state index contributed by atoms with van der Waals surface area (Å²) >= 11 is 0. The van der Waals surface area contributed by atoms with Crippen molar-refractivity contribution in [3.8, 4) is 0 Å². The van der Waals surface area contributed by atoms with E-state index in [0.717, 1.165) is 12.1 Å². The van der Waals surface area contributed by atoms with Crippen LogP contribution < -0.4 is 10.6 Å².